The monoisotopic (exact) mass is 291 g/mol. The molecule has 0 aromatic heterocycles. The molecule has 1 aliphatic heterocycles. The topological polar surface area (TPSA) is 32.7 Å². The molecule has 2 atom stereocenters. The van der Waals surface area contributed by atoms with Gasteiger partial charge >= 0.3 is 0 Å². The van der Waals surface area contributed by atoms with E-state index in [9.17, 15) is 5.11 Å². The lowest BCUT2D eigenvalue weighted by molar-refractivity contribution is 0.0890. The molecule has 1 aromatic rings. The summed E-state index contributed by atoms with van der Waals surface area (Å²) in [5.41, 5.74) is 0.987. The van der Waals surface area contributed by atoms with E-state index < -0.39 is 6.10 Å². The third kappa shape index (κ3) is 5.01. The van der Waals surface area contributed by atoms with Crippen LogP contribution in [0.25, 0.3) is 0 Å². The van der Waals surface area contributed by atoms with E-state index in [-0.39, 0.29) is 5.92 Å². The summed E-state index contributed by atoms with van der Waals surface area (Å²) in [7, 11) is 0. The average Bonchev–Trinajstić information content (AvgIpc) is 2.76. The standard InChI is InChI=1S/C18H29NO2/c1-3-21-17-10-8-16(9-11-17)18(20)15(2)14-19-12-6-4-5-7-13-19/h8-11,15,18,20H,3-7,12-14H2,1-2H3/t15-,18+/m0/s1. The number of benzene rings is 1. The molecule has 1 aliphatic rings. The Labute approximate surface area is 128 Å². The van der Waals surface area contributed by atoms with Gasteiger partial charge in [-0.1, -0.05) is 31.9 Å². The molecule has 1 heterocycles. The van der Waals surface area contributed by atoms with Crippen molar-refractivity contribution >= 4 is 0 Å². The Morgan fingerprint density at radius 1 is 1.10 bits per heavy atom. The maximum absolute atomic E-state index is 10.5. The highest BCUT2D eigenvalue weighted by Gasteiger charge is 2.20. The van der Waals surface area contributed by atoms with Crippen molar-refractivity contribution in [1.82, 2.24) is 4.90 Å². The molecule has 0 radical (unpaired) electrons. The van der Waals surface area contributed by atoms with E-state index in [0.29, 0.717) is 6.61 Å². The van der Waals surface area contributed by atoms with Crippen LogP contribution in [0.4, 0.5) is 0 Å². The summed E-state index contributed by atoms with van der Waals surface area (Å²) >= 11 is 0. The van der Waals surface area contributed by atoms with Gasteiger partial charge < -0.3 is 14.7 Å². The molecule has 0 saturated carbocycles. The van der Waals surface area contributed by atoms with E-state index in [1.807, 2.05) is 31.2 Å². The Balaban J connectivity index is 1.89. The first kappa shape index (κ1) is 16.3. The number of nitrogens with zero attached hydrogens (tertiary/aromatic N) is 1. The van der Waals surface area contributed by atoms with Crippen LogP contribution >= 0.6 is 0 Å². The number of aliphatic hydroxyl groups excluding tert-OH is 1. The van der Waals surface area contributed by atoms with Crippen molar-refractivity contribution in [1.29, 1.82) is 0 Å². The first-order chi connectivity index (χ1) is 10.2. The number of ether oxygens (including phenoxy) is 1. The Hall–Kier alpha value is -1.06. The lowest BCUT2D eigenvalue weighted by Crippen LogP contribution is -2.31. The molecule has 1 fully saturated rings. The van der Waals surface area contributed by atoms with Crippen LogP contribution in [0, 0.1) is 5.92 Å². The summed E-state index contributed by atoms with van der Waals surface area (Å²) in [5, 5.41) is 10.5. The molecule has 3 heteroatoms. The van der Waals surface area contributed by atoms with Crippen molar-refractivity contribution in [3.63, 3.8) is 0 Å². The zero-order chi connectivity index (χ0) is 15.1. The second-order valence-corrected chi connectivity index (χ2v) is 6.14. The summed E-state index contributed by atoms with van der Waals surface area (Å²) in [6.45, 7) is 8.14. The van der Waals surface area contributed by atoms with E-state index >= 15 is 0 Å². The van der Waals surface area contributed by atoms with E-state index in [1.54, 1.807) is 0 Å². The predicted octanol–water partition coefficient (Wildman–Crippen LogP) is 3.63. The van der Waals surface area contributed by atoms with E-state index in [4.69, 9.17) is 4.74 Å². The van der Waals surface area contributed by atoms with Gasteiger partial charge in [-0.25, -0.2) is 0 Å². The average molecular weight is 291 g/mol. The van der Waals surface area contributed by atoms with Gasteiger partial charge in [0.05, 0.1) is 12.7 Å². The Morgan fingerprint density at radius 2 is 1.71 bits per heavy atom. The van der Waals surface area contributed by atoms with Crippen LogP contribution in [0.15, 0.2) is 24.3 Å². The number of likely N-dealkylation sites (tertiary alicyclic amines) is 1. The molecule has 21 heavy (non-hydrogen) atoms. The zero-order valence-electron chi connectivity index (χ0n) is 13.4. The summed E-state index contributed by atoms with van der Waals surface area (Å²) in [4.78, 5) is 2.51. The van der Waals surface area contributed by atoms with Gasteiger partial charge in [-0.05, 0) is 56.5 Å². The van der Waals surface area contributed by atoms with Crippen molar-refractivity contribution < 1.29 is 9.84 Å². The summed E-state index contributed by atoms with van der Waals surface area (Å²) in [6, 6.07) is 7.85. The quantitative estimate of drug-likeness (QED) is 0.868. The van der Waals surface area contributed by atoms with Crippen LogP contribution in [-0.2, 0) is 0 Å². The van der Waals surface area contributed by atoms with Crippen LogP contribution in [0.2, 0.25) is 0 Å². The third-order valence-corrected chi connectivity index (χ3v) is 4.32. The number of rotatable bonds is 6. The van der Waals surface area contributed by atoms with Crippen molar-refractivity contribution in [3.8, 4) is 5.75 Å². The fraction of sp³-hybridized carbons (Fsp3) is 0.667. The van der Waals surface area contributed by atoms with Crippen LogP contribution in [0.5, 0.6) is 5.75 Å². The predicted molar refractivity (Wildman–Crippen MR) is 86.6 cm³/mol. The lowest BCUT2D eigenvalue weighted by Gasteiger charge is -2.27. The Morgan fingerprint density at radius 3 is 2.29 bits per heavy atom. The highest BCUT2D eigenvalue weighted by atomic mass is 16.5. The van der Waals surface area contributed by atoms with Gasteiger partial charge in [0.2, 0.25) is 0 Å². The molecule has 118 valence electrons. The maximum atomic E-state index is 10.5. The van der Waals surface area contributed by atoms with Crippen molar-refractivity contribution in [2.24, 2.45) is 5.92 Å². The molecule has 1 N–H and O–H groups in total. The van der Waals surface area contributed by atoms with E-state index in [2.05, 4.69) is 11.8 Å². The molecule has 1 saturated heterocycles. The van der Waals surface area contributed by atoms with Crippen molar-refractivity contribution in [2.45, 2.75) is 45.6 Å². The molecule has 0 amide bonds. The van der Waals surface area contributed by atoms with Crippen LogP contribution in [0.1, 0.15) is 51.2 Å². The van der Waals surface area contributed by atoms with Gasteiger partial charge in [-0.3, -0.25) is 0 Å². The number of hydrogen-bond donors (Lipinski definition) is 1. The minimum atomic E-state index is -0.399. The van der Waals surface area contributed by atoms with Gasteiger partial charge in [0.15, 0.2) is 0 Å². The zero-order valence-corrected chi connectivity index (χ0v) is 13.4. The molecule has 0 bridgehead atoms. The SMILES string of the molecule is CCOc1ccc([C@H](O)[C@@H](C)CN2CCCCCC2)cc1. The van der Waals surface area contributed by atoms with Gasteiger partial charge in [0.1, 0.15) is 5.75 Å². The molecular weight excluding hydrogens is 262 g/mol. The third-order valence-electron chi connectivity index (χ3n) is 4.32. The fourth-order valence-electron chi connectivity index (χ4n) is 3.08. The molecule has 0 unspecified atom stereocenters. The van der Waals surface area contributed by atoms with Crippen molar-refractivity contribution in [2.75, 3.05) is 26.2 Å². The molecule has 0 aliphatic carbocycles. The second kappa shape index (κ2) is 8.40. The van der Waals surface area contributed by atoms with Crippen molar-refractivity contribution in [3.05, 3.63) is 29.8 Å². The van der Waals surface area contributed by atoms with Crippen LogP contribution < -0.4 is 4.74 Å². The minimum Gasteiger partial charge on any atom is -0.494 e. The highest BCUT2D eigenvalue weighted by Crippen LogP contribution is 2.25. The molecular formula is C18H29NO2. The Kier molecular flexibility index (Phi) is 6.52. The number of aliphatic hydroxyl groups is 1. The molecule has 0 spiro atoms. The van der Waals surface area contributed by atoms with Crippen LogP contribution in [-0.4, -0.2) is 36.2 Å². The molecule has 2 rings (SSSR count). The number of hydrogen-bond acceptors (Lipinski definition) is 3. The highest BCUT2D eigenvalue weighted by molar-refractivity contribution is 5.28. The largest absolute Gasteiger partial charge is 0.494 e. The Bertz CT molecular complexity index is 396. The summed E-state index contributed by atoms with van der Waals surface area (Å²) < 4.78 is 5.45. The van der Waals surface area contributed by atoms with E-state index in [0.717, 1.165) is 17.9 Å². The van der Waals surface area contributed by atoms with E-state index in [1.165, 1.54) is 38.8 Å². The summed E-state index contributed by atoms with van der Waals surface area (Å²) in [6.07, 6.45) is 4.90. The lowest BCUT2D eigenvalue weighted by atomic mass is 9.96. The van der Waals surface area contributed by atoms with Gasteiger partial charge in [0, 0.05) is 6.54 Å². The summed E-state index contributed by atoms with van der Waals surface area (Å²) in [5.74, 6) is 1.12. The first-order valence-electron chi connectivity index (χ1n) is 8.34. The maximum Gasteiger partial charge on any atom is 0.119 e. The minimum absolute atomic E-state index is 0.251. The first-order valence-corrected chi connectivity index (χ1v) is 8.34. The van der Waals surface area contributed by atoms with Gasteiger partial charge in [-0.2, -0.15) is 0 Å². The molecule has 3 nitrogen and oxygen atoms in total. The molecule has 1 aromatic carbocycles. The van der Waals surface area contributed by atoms with Gasteiger partial charge in [-0.15, -0.1) is 0 Å². The van der Waals surface area contributed by atoms with Gasteiger partial charge in [0.25, 0.3) is 0 Å². The normalized spacial score (nSPS) is 19.8. The second-order valence-electron chi connectivity index (χ2n) is 6.14. The fourth-order valence-corrected chi connectivity index (χ4v) is 3.08. The van der Waals surface area contributed by atoms with Crippen LogP contribution in [0.3, 0.4) is 0 Å². The smallest absolute Gasteiger partial charge is 0.119 e.